The van der Waals surface area contributed by atoms with E-state index < -0.39 is 0 Å². The van der Waals surface area contributed by atoms with E-state index in [0.29, 0.717) is 12.0 Å². The molecule has 18 heavy (non-hydrogen) atoms. The van der Waals surface area contributed by atoms with Crippen LogP contribution in [0.25, 0.3) is 0 Å². The van der Waals surface area contributed by atoms with Crippen molar-refractivity contribution in [2.45, 2.75) is 65.2 Å². The lowest BCUT2D eigenvalue weighted by molar-refractivity contribution is 0.356. The Kier molecular flexibility index (Phi) is 6.25. The fourth-order valence-electron chi connectivity index (χ4n) is 2.09. The fourth-order valence-corrected chi connectivity index (χ4v) is 2.09. The summed E-state index contributed by atoms with van der Waals surface area (Å²) in [6.45, 7) is 7.50. The molecule has 5 heteroatoms. The minimum atomic E-state index is 0.256. The van der Waals surface area contributed by atoms with E-state index in [1.165, 1.54) is 32.1 Å². The number of hydrogen-bond acceptors (Lipinski definition) is 4. The average Bonchev–Trinajstić information content (AvgIpc) is 2.80. The van der Waals surface area contributed by atoms with E-state index in [0.717, 1.165) is 12.2 Å². The number of H-pyrrole nitrogens is 1. The SMILES string of the molecule is CC(C)(C)CCCCCCC(CN)c1nn[nH]n1. The lowest BCUT2D eigenvalue weighted by Gasteiger charge is -2.17. The van der Waals surface area contributed by atoms with Crippen LogP contribution in [-0.2, 0) is 0 Å². The molecule has 104 valence electrons. The van der Waals surface area contributed by atoms with E-state index in [4.69, 9.17) is 5.73 Å². The van der Waals surface area contributed by atoms with Crippen molar-refractivity contribution in [1.29, 1.82) is 0 Å². The minimum Gasteiger partial charge on any atom is -0.330 e. The van der Waals surface area contributed by atoms with Crippen molar-refractivity contribution in [1.82, 2.24) is 20.6 Å². The van der Waals surface area contributed by atoms with Crippen LogP contribution in [0.4, 0.5) is 0 Å². The number of aromatic nitrogens is 4. The second-order valence-corrected chi connectivity index (χ2v) is 6.22. The molecule has 3 N–H and O–H groups in total. The van der Waals surface area contributed by atoms with Crippen molar-refractivity contribution >= 4 is 0 Å². The van der Waals surface area contributed by atoms with Crippen LogP contribution in [0.2, 0.25) is 0 Å². The molecular formula is C13H27N5. The average molecular weight is 253 g/mol. The van der Waals surface area contributed by atoms with Crippen molar-refractivity contribution in [2.24, 2.45) is 11.1 Å². The summed E-state index contributed by atoms with van der Waals surface area (Å²) < 4.78 is 0. The van der Waals surface area contributed by atoms with Crippen molar-refractivity contribution in [3.05, 3.63) is 5.82 Å². The van der Waals surface area contributed by atoms with Crippen LogP contribution in [0.1, 0.15) is 71.0 Å². The van der Waals surface area contributed by atoms with E-state index in [-0.39, 0.29) is 5.92 Å². The Morgan fingerprint density at radius 1 is 1.17 bits per heavy atom. The Balaban J connectivity index is 2.10. The van der Waals surface area contributed by atoms with Crippen LogP contribution < -0.4 is 5.73 Å². The highest BCUT2D eigenvalue weighted by Crippen LogP contribution is 2.23. The van der Waals surface area contributed by atoms with E-state index in [1.54, 1.807) is 0 Å². The zero-order valence-electron chi connectivity index (χ0n) is 11.9. The van der Waals surface area contributed by atoms with Crippen molar-refractivity contribution < 1.29 is 0 Å². The van der Waals surface area contributed by atoms with Crippen LogP contribution >= 0.6 is 0 Å². The molecule has 1 rings (SSSR count). The molecule has 0 aliphatic rings. The molecule has 0 amide bonds. The molecular weight excluding hydrogens is 226 g/mol. The molecule has 0 radical (unpaired) electrons. The van der Waals surface area contributed by atoms with Gasteiger partial charge in [-0.05, 0) is 18.3 Å². The molecule has 0 aliphatic heterocycles. The summed E-state index contributed by atoms with van der Waals surface area (Å²) in [5, 5.41) is 14.1. The summed E-state index contributed by atoms with van der Waals surface area (Å²) in [5.74, 6) is 1.01. The maximum absolute atomic E-state index is 5.74. The normalized spacial score (nSPS) is 13.8. The van der Waals surface area contributed by atoms with Crippen LogP contribution in [0.5, 0.6) is 0 Å². The predicted molar refractivity (Wildman–Crippen MR) is 73.1 cm³/mol. The quantitative estimate of drug-likeness (QED) is 0.698. The van der Waals surface area contributed by atoms with Gasteiger partial charge in [0.15, 0.2) is 5.82 Å². The monoisotopic (exact) mass is 253 g/mol. The maximum Gasteiger partial charge on any atom is 0.178 e. The summed E-state index contributed by atoms with van der Waals surface area (Å²) in [6, 6.07) is 0. The Morgan fingerprint density at radius 2 is 1.89 bits per heavy atom. The van der Waals surface area contributed by atoms with Gasteiger partial charge < -0.3 is 5.73 Å². The number of nitrogens with zero attached hydrogens (tertiary/aromatic N) is 3. The van der Waals surface area contributed by atoms with Crippen molar-refractivity contribution in [3.63, 3.8) is 0 Å². The van der Waals surface area contributed by atoms with Gasteiger partial charge in [0.25, 0.3) is 0 Å². The first-order valence-corrected chi connectivity index (χ1v) is 6.96. The highest BCUT2D eigenvalue weighted by atomic mass is 15.5. The Morgan fingerprint density at radius 3 is 2.44 bits per heavy atom. The molecule has 0 spiro atoms. The Hall–Kier alpha value is -0.970. The second-order valence-electron chi connectivity index (χ2n) is 6.22. The topological polar surface area (TPSA) is 80.5 Å². The third-order valence-corrected chi connectivity index (χ3v) is 3.24. The number of nitrogens with two attached hydrogens (primary N) is 1. The highest BCUT2D eigenvalue weighted by molar-refractivity contribution is 4.91. The van der Waals surface area contributed by atoms with Crippen LogP contribution in [0.3, 0.4) is 0 Å². The number of aromatic amines is 1. The summed E-state index contributed by atoms with van der Waals surface area (Å²) in [7, 11) is 0. The minimum absolute atomic E-state index is 0.256. The van der Waals surface area contributed by atoms with Crippen LogP contribution in [-0.4, -0.2) is 27.2 Å². The summed E-state index contributed by atoms with van der Waals surface area (Å²) >= 11 is 0. The van der Waals surface area contributed by atoms with E-state index in [9.17, 15) is 0 Å². The van der Waals surface area contributed by atoms with E-state index in [1.807, 2.05) is 0 Å². The van der Waals surface area contributed by atoms with E-state index >= 15 is 0 Å². The fraction of sp³-hybridized carbons (Fsp3) is 0.923. The zero-order valence-corrected chi connectivity index (χ0v) is 11.9. The first-order valence-electron chi connectivity index (χ1n) is 6.96. The van der Waals surface area contributed by atoms with Gasteiger partial charge in [0, 0.05) is 12.5 Å². The van der Waals surface area contributed by atoms with E-state index in [2.05, 4.69) is 41.4 Å². The molecule has 1 unspecified atom stereocenters. The summed E-state index contributed by atoms with van der Waals surface area (Å²) in [6.07, 6.45) is 7.45. The Labute approximate surface area is 110 Å². The molecule has 1 aromatic heterocycles. The molecule has 0 saturated heterocycles. The maximum atomic E-state index is 5.74. The largest absolute Gasteiger partial charge is 0.330 e. The molecule has 5 nitrogen and oxygen atoms in total. The van der Waals surface area contributed by atoms with Crippen molar-refractivity contribution in [3.8, 4) is 0 Å². The number of hydrogen-bond donors (Lipinski definition) is 2. The van der Waals surface area contributed by atoms with Gasteiger partial charge in [0.1, 0.15) is 0 Å². The third kappa shape index (κ3) is 6.10. The number of unbranched alkanes of at least 4 members (excludes halogenated alkanes) is 3. The van der Waals surface area contributed by atoms with Gasteiger partial charge in [-0.15, -0.1) is 10.2 Å². The molecule has 1 heterocycles. The third-order valence-electron chi connectivity index (χ3n) is 3.24. The van der Waals surface area contributed by atoms with Gasteiger partial charge in [-0.1, -0.05) is 51.7 Å². The lowest BCUT2D eigenvalue weighted by Crippen LogP contribution is -2.14. The molecule has 1 atom stereocenters. The molecule has 0 aromatic carbocycles. The van der Waals surface area contributed by atoms with Crippen LogP contribution in [0.15, 0.2) is 0 Å². The van der Waals surface area contributed by atoms with Gasteiger partial charge in [-0.2, -0.15) is 5.21 Å². The van der Waals surface area contributed by atoms with Gasteiger partial charge in [-0.3, -0.25) is 0 Å². The lowest BCUT2D eigenvalue weighted by atomic mass is 9.89. The van der Waals surface area contributed by atoms with Gasteiger partial charge >= 0.3 is 0 Å². The van der Waals surface area contributed by atoms with Crippen LogP contribution in [0, 0.1) is 5.41 Å². The highest BCUT2D eigenvalue weighted by Gasteiger charge is 2.14. The first-order chi connectivity index (χ1) is 8.53. The molecule has 0 fully saturated rings. The van der Waals surface area contributed by atoms with Gasteiger partial charge in [0.05, 0.1) is 0 Å². The molecule has 0 saturated carbocycles. The number of rotatable bonds is 8. The smallest absolute Gasteiger partial charge is 0.178 e. The summed E-state index contributed by atoms with van der Waals surface area (Å²) in [4.78, 5) is 0. The number of tetrazole rings is 1. The predicted octanol–water partition coefficient (Wildman–Crippen LogP) is 2.63. The van der Waals surface area contributed by atoms with Gasteiger partial charge in [-0.25, -0.2) is 0 Å². The first kappa shape index (κ1) is 15.1. The molecule has 0 aliphatic carbocycles. The van der Waals surface area contributed by atoms with Gasteiger partial charge in [0.2, 0.25) is 0 Å². The second kappa shape index (κ2) is 7.46. The zero-order chi connectivity index (χ0) is 13.4. The van der Waals surface area contributed by atoms with Crippen molar-refractivity contribution in [2.75, 3.05) is 6.54 Å². The number of nitrogens with one attached hydrogen (secondary N) is 1. The molecule has 0 bridgehead atoms. The standard InChI is InChI=1S/C13H27N5/c1-13(2,3)9-7-5-4-6-8-11(10-14)12-15-17-18-16-12/h11H,4-10,14H2,1-3H3,(H,15,16,17,18). The summed E-state index contributed by atoms with van der Waals surface area (Å²) in [5.41, 5.74) is 6.20. The molecule has 1 aromatic rings. The Bertz CT molecular complexity index is 302.